The predicted molar refractivity (Wildman–Crippen MR) is 75.8 cm³/mol. The quantitative estimate of drug-likeness (QED) is 0.882. The first-order chi connectivity index (χ1) is 8.55. The van der Waals surface area contributed by atoms with E-state index in [0.29, 0.717) is 5.92 Å². The van der Waals surface area contributed by atoms with E-state index in [0.717, 1.165) is 26.3 Å². The lowest BCUT2D eigenvalue weighted by atomic mass is 9.87. The molecule has 1 unspecified atom stereocenters. The molecule has 2 nitrogen and oxygen atoms in total. The van der Waals surface area contributed by atoms with Crippen LogP contribution >= 0.6 is 0 Å². The number of benzene rings is 1. The SMILES string of the molecule is CC(C)(C)c1ccc(CNCC2CCOC2)cc1. The molecule has 0 radical (unpaired) electrons. The molecule has 1 saturated heterocycles. The van der Waals surface area contributed by atoms with Gasteiger partial charge in [-0.25, -0.2) is 0 Å². The zero-order chi connectivity index (χ0) is 13.0. The fourth-order valence-electron chi connectivity index (χ4n) is 2.29. The van der Waals surface area contributed by atoms with Gasteiger partial charge in [-0.3, -0.25) is 0 Å². The zero-order valence-corrected chi connectivity index (χ0v) is 11.8. The molecule has 1 aromatic rings. The second-order valence-corrected chi connectivity index (χ2v) is 6.31. The highest BCUT2D eigenvalue weighted by molar-refractivity contribution is 5.27. The molecule has 1 fully saturated rings. The number of hydrogen-bond acceptors (Lipinski definition) is 2. The van der Waals surface area contributed by atoms with E-state index in [-0.39, 0.29) is 5.41 Å². The summed E-state index contributed by atoms with van der Waals surface area (Å²) in [5.74, 6) is 0.707. The number of rotatable bonds is 4. The van der Waals surface area contributed by atoms with Gasteiger partial charge in [0.2, 0.25) is 0 Å². The van der Waals surface area contributed by atoms with Crippen molar-refractivity contribution >= 4 is 0 Å². The Morgan fingerprint density at radius 1 is 1.22 bits per heavy atom. The minimum Gasteiger partial charge on any atom is -0.381 e. The maximum atomic E-state index is 5.37. The Kier molecular flexibility index (Phi) is 4.41. The van der Waals surface area contributed by atoms with Gasteiger partial charge in [0.15, 0.2) is 0 Å². The highest BCUT2D eigenvalue weighted by Gasteiger charge is 2.15. The normalized spacial score (nSPS) is 20.3. The summed E-state index contributed by atoms with van der Waals surface area (Å²) in [4.78, 5) is 0. The first-order valence-corrected chi connectivity index (χ1v) is 6.93. The van der Waals surface area contributed by atoms with Crippen LogP contribution in [0.4, 0.5) is 0 Å². The Bertz CT molecular complexity index is 358. The maximum absolute atomic E-state index is 5.37. The fraction of sp³-hybridized carbons (Fsp3) is 0.625. The summed E-state index contributed by atoms with van der Waals surface area (Å²) in [5, 5.41) is 3.52. The summed E-state index contributed by atoms with van der Waals surface area (Å²) in [5.41, 5.74) is 3.00. The van der Waals surface area contributed by atoms with Crippen LogP contribution in [0.1, 0.15) is 38.3 Å². The molecule has 2 rings (SSSR count). The molecule has 1 N–H and O–H groups in total. The highest BCUT2D eigenvalue weighted by atomic mass is 16.5. The molecule has 1 aliphatic heterocycles. The molecule has 0 amide bonds. The Labute approximate surface area is 111 Å². The largest absolute Gasteiger partial charge is 0.381 e. The maximum Gasteiger partial charge on any atom is 0.0507 e. The van der Waals surface area contributed by atoms with Gasteiger partial charge in [-0.1, -0.05) is 45.0 Å². The molecular weight excluding hydrogens is 222 g/mol. The van der Waals surface area contributed by atoms with Crippen LogP contribution in [0, 0.1) is 5.92 Å². The third-order valence-electron chi connectivity index (χ3n) is 3.61. The molecule has 0 aliphatic carbocycles. The molecule has 1 heterocycles. The highest BCUT2D eigenvalue weighted by Crippen LogP contribution is 2.22. The summed E-state index contributed by atoms with van der Waals surface area (Å²) in [7, 11) is 0. The average molecular weight is 247 g/mol. The van der Waals surface area contributed by atoms with E-state index in [1.165, 1.54) is 17.5 Å². The minimum atomic E-state index is 0.243. The third-order valence-corrected chi connectivity index (χ3v) is 3.61. The number of nitrogens with one attached hydrogen (secondary N) is 1. The monoisotopic (exact) mass is 247 g/mol. The number of ether oxygens (including phenoxy) is 1. The van der Waals surface area contributed by atoms with E-state index in [9.17, 15) is 0 Å². The van der Waals surface area contributed by atoms with E-state index in [4.69, 9.17) is 4.74 Å². The summed E-state index contributed by atoms with van der Waals surface area (Å²) in [6.45, 7) is 10.6. The van der Waals surface area contributed by atoms with Gasteiger partial charge in [0, 0.05) is 19.7 Å². The molecule has 2 heteroatoms. The van der Waals surface area contributed by atoms with Crippen LogP contribution < -0.4 is 5.32 Å². The molecule has 1 aliphatic rings. The zero-order valence-electron chi connectivity index (χ0n) is 11.8. The van der Waals surface area contributed by atoms with E-state index in [2.05, 4.69) is 50.4 Å². The lowest BCUT2D eigenvalue weighted by Crippen LogP contribution is -2.22. The van der Waals surface area contributed by atoms with Crippen molar-refractivity contribution in [3.8, 4) is 0 Å². The van der Waals surface area contributed by atoms with E-state index < -0.39 is 0 Å². The smallest absolute Gasteiger partial charge is 0.0507 e. The molecule has 0 aromatic heterocycles. The van der Waals surface area contributed by atoms with Crippen molar-refractivity contribution in [2.45, 2.75) is 39.2 Å². The van der Waals surface area contributed by atoms with Crippen molar-refractivity contribution in [3.63, 3.8) is 0 Å². The predicted octanol–water partition coefficient (Wildman–Crippen LogP) is 3.11. The van der Waals surface area contributed by atoms with Crippen molar-refractivity contribution in [2.24, 2.45) is 5.92 Å². The fourth-order valence-corrected chi connectivity index (χ4v) is 2.29. The Morgan fingerprint density at radius 3 is 2.50 bits per heavy atom. The van der Waals surface area contributed by atoms with E-state index in [1.807, 2.05) is 0 Å². The standard InChI is InChI=1S/C16H25NO/c1-16(2,3)15-6-4-13(5-7-15)10-17-11-14-8-9-18-12-14/h4-7,14,17H,8-12H2,1-3H3. The molecule has 1 aromatic carbocycles. The van der Waals surface area contributed by atoms with Gasteiger partial charge in [-0.2, -0.15) is 0 Å². The summed E-state index contributed by atoms with van der Waals surface area (Å²) in [6, 6.07) is 8.96. The second kappa shape index (κ2) is 5.85. The van der Waals surface area contributed by atoms with E-state index >= 15 is 0 Å². The van der Waals surface area contributed by atoms with E-state index in [1.54, 1.807) is 0 Å². The van der Waals surface area contributed by atoms with Crippen LogP contribution in [0.5, 0.6) is 0 Å². The van der Waals surface area contributed by atoms with Crippen LogP contribution in [-0.4, -0.2) is 19.8 Å². The lowest BCUT2D eigenvalue weighted by Gasteiger charge is -2.19. The lowest BCUT2D eigenvalue weighted by molar-refractivity contribution is 0.185. The summed E-state index contributed by atoms with van der Waals surface area (Å²) in [6.07, 6.45) is 1.20. The van der Waals surface area contributed by atoms with Crippen molar-refractivity contribution in [2.75, 3.05) is 19.8 Å². The van der Waals surface area contributed by atoms with Crippen LogP contribution in [0.15, 0.2) is 24.3 Å². The van der Waals surface area contributed by atoms with Crippen LogP contribution in [-0.2, 0) is 16.7 Å². The summed E-state index contributed by atoms with van der Waals surface area (Å²) >= 11 is 0. The van der Waals surface area contributed by atoms with Gasteiger partial charge < -0.3 is 10.1 Å². The Morgan fingerprint density at radius 2 is 1.94 bits per heavy atom. The van der Waals surface area contributed by atoms with Crippen molar-refractivity contribution in [1.29, 1.82) is 0 Å². The van der Waals surface area contributed by atoms with Gasteiger partial charge >= 0.3 is 0 Å². The second-order valence-electron chi connectivity index (χ2n) is 6.31. The molecule has 1 atom stereocenters. The first-order valence-electron chi connectivity index (χ1n) is 6.93. The first kappa shape index (κ1) is 13.6. The molecule has 0 spiro atoms. The number of hydrogen-bond donors (Lipinski definition) is 1. The van der Waals surface area contributed by atoms with Crippen LogP contribution in [0.3, 0.4) is 0 Å². The van der Waals surface area contributed by atoms with Crippen LogP contribution in [0.2, 0.25) is 0 Å². The molecule has 100 valence electrons. The van der Waals surface area contributed by atoms with Gasteiger partial charge in [-0.05, 0) is 28.9 Å². The molecule has 0 saturated carbocycles. The average Bonchev–Trinajstić information content (AvgIpc) is 2.82. The van der Waals surface area contributed by atoms with Gasteiger partial charge in [0.05, 0.1) is 6.61 Å². The Balaban J connectivity index is 1.79. The molecular formula is C16H25NO. The van der Waals surface area contributed by atoms with Crippen LogP contribution in [0.25, 0.3) is 0 Å². The Hall–Kier alpha value is -0.860. The minimum absolute atomic E-state index is 0.243. The van der Waals surface area contributed by atoms with Gasteiger partial charge in [0.25, 0.3) is 0 Å². The molecule has 0 bridgehead atoms. The van der Waals surface area contributed by atoms with Gasteiger partial charge in [0.1, 0.15) is 0 Å². The topological polar surface area (TPSA) is 21.3 Å². The summed E-state index contributed by atoms with van der Waals surface area (Å²) < 4.78 is 5.37. The van der Waals surface area contributed by atoms with Crippen molar-refractivity contribution < 1.29 is 4.74 Å². The third kappa shape index (κ3) is 3.82. The van der Waals surface area contributed by atoms with Crippen molar-refractivity contribution in [3.05, 3.63) is 35.4 Å². The van der Waals surface area contributed by atoms with Crippen molar-refractivity contribution in [1.82, 2.24) is 5.32 Å². The van der Waals surface area contributed by atoms with Gasteiger partial charge in [-0.15, -0.1) is 0 Å². The molecule has 18 heavy (non-hydrogen) atoms.